The maximum atomic E-state index is 14.5. The Bertz CT molecular complexity index is 1220. The minimum absolute atomic E-state index is 0.0778. The van der Waals surface area contributed by atoms with Gasteiger partial charge >= 0.3 is 0 Å². The lowest BCUT2D eigenvalue weighted by Gasteiger charge is -2.17. The van der Waals surface area contributed by atoms with Gasteiger partial charge in [0, 0.05) is 48.8 Å². The zero-order valence-corrected chi connectivity index (χ0v) is 21.1. The number of carbonyl (C=O) groups is 1. The maximum absolute atomic E-state index is 14.5. The SMILES string of the molecule is CC(C)c1cnc(-c2cc(Cl)ccc2F)nc1Nc1ccncc1C(=O)NCCCN1CCC(O)C1. The van der Waals surface area contributed by atoms with Crippen molar-refractivity contribution < 1.29 is 14.3 Å². The molecule has 0 aliphatic carbocycles. The molecule has 1 atom stereocenters. The molecule has 0 spiro atoms. The number of hydrogen-bond acceptors (Lipinski definition) is 7. The Kier molecular flexibility index (Phi) is 8.45. The Hall–Kier alpha value is -3.14. The van der Waals surface area contributed by atoms with Gasteiger partial charge in [-0.2, -0.15) is 0 Å². The van der Waals surface area contributed by atoms with Crippen LogP contribution in [0, 0.1) is 5.82 Å². The number of aliphatic hydroxyl groups excluding tert-OH is 1. The molecule has 4 rings (SSSR count). The predicted octanol–water partition coefficient (Wildman–Crippen LogP) is 4.38. The second-order valence-electron chi connectivity index (χ2n) is 9.18. The van der Waals surface area contributed by atoms with E-state index in [2.05, 4.69) is 30.5 Å². The molecule has 8 nitrogen and oxygen atoms in total. The van der Waals surface area contributed by atoms with Crippen LogP contribution in [0.4, 0.5) is 15.9 Å². The Morgan fingerprint density at radius 2 is 2.14 bits per heavy atom. The highest BCUT2D eigenvalue weighted by Crippen LogP contribution is 2.30. The molecule has 1 saturated heterocycles. The fourth-order valence-corrected chi connectivity index (χ4v) is 4.31. The van der Waals surface area contributed by atoms with Gasteiger partial charge < -0.3 is 20.6 Å². The average Bonchev–Trinajstić information content (AvgIpc) is 3.28. The number of aliphatic hydroxyl groups is 1. The summed E-state index contributed by atoms with van der Waals surface area (Å²) >= 11 is 6.07. The van der Waals surface area contributed by atoms with Crippen LogP contribution in [0.2, 0.25) is 5.02 Å². The summed E-state index contributed by atoms with van der Waals surface area (Å²) < 4.78 is 14.5. The molecule has 3 heterocycles. The van der Waals surface area contributed by atoms with Crippen molar-refractivity contribution in [3.63, 3.8) is 0 Å². The van der Waals surface area contributed by atoms with E-state index in [1.54, 1.807) is 18.5 Å². The van der Waals surface area contributed by atoms with Gasteiger partial charge in [0.15, 0.2) is 5.82 Å². The number of halogens is 2. The van der Waals surface area contributed by atoms with Crippen molar-refractivity contribution in [2.75, 3.05) is 31.5 Å². The summed E-state index contributed by atoms with van der Waals surface area (Å²) in [5.74, 6) is 0.00793. The highest BCUT2D eigenvalue weighted by atomic mass is 35.5. The van der Waals surface area contributed by atoms with Gasteiger partial charge in [-0.15, -0.1) is 0 Å². The number of nitrogens with one attached hydrogen (secondary N) is 2. The summed E-state index contributed by atoms with van der Waals surface area (Å²) in [5.41, 5.74) is 1.91. The second kappa shape index (κ2) is 11.7. The van der Waals surface area contributed by atoms with E-state index < -0.39 is 5.82 Å². The third kappa shape index (κ3) is 6.34. The third-order valence-electron chi connectivity index (χ3n) is 6.11. The first-order chi connectivity index (χ1) is 17.3. The highest BCUT2D eigenvalue weighted by molar-refractivity contribution is 6.30. The van der Waals surface area contributed by atoms with Crippen LogP contribution in [0.25, 0.3) is 11.4 Å². The molecule has 0 radical (unpaired) electrons. The molecule has 0 saturated carbocycles. The lowest BCUT2D eigenvalue weighted by Crippen LogP contribution is -2.29. The van der Waals surface area contributed by atoms with Gasteiger partial charge in [0.05, 0.1) is 22.9 Å². The normalized spacial score (nSPS) is 15.9. The number of pyridine rings is 1. The van der Waals surface area contributed by atoms with E-state index in [1.165, 1.54) is 24.4 Å². The van der Waals surface area contributed by atoms with Crippen molar-refractivity contribution in [2.24, 2.45) is 0 Å². The van der Waals surface area contributed by atoms with Crippen LogP contribution in [0.15, 0.2) is 42.9 Å². The van der Waals surface area contributed by atoms with Crippen LogP contribution in [0.5, 0.6) is 0 Å². The van der Waals surface area contributed by atoms with Gasteiger partial charge in [-0.05, 0) is 49.6 Å². The van der Waals surface area contributed by atoms with Crippen molar-refractivity contribution in [3.8, 4) is 11.4 Å². The smallest absolute Gasteiger partial charge is 0.254 e. The fourth-order valence-electron chi connectivity index (χ4n) is 4.14. The molecule has 1 aliphatic rings. The van der Waals surface area contributed by atoms with Crippen LogP contribution in [-0.2, 0) is 0 Å². The van der Waals surface area contributed by atoms with Gasteiger partial charge in [-0.1, -0.05) is 25.4 Å². The summed E-state index contributed by atoms with van der Waals surface area (Å²) in [4.78, 5) is 28.2. The summed E-state index contributed by atoms with van der Waals surface area (Å²) in [6.45, 7) is 6.89. The summed E-state index contributed by atoms with van der Waals surface area (Å²) in [5, 5.41) is 16.2. The number of anilines is 2. The number of hydrogen-bond donors (Lipinski definition) is 3. The lowest BCUT2D eigenvalue weighted by molar-refractivity contribution is 0.0952. The largest absolute Gasteiger partial charge is 0.392 e. The molecule has 0 bridgehead atoms. The second-order valence-corrected chi connectivity index (χ2v) is 9.61. The fraction of sp³-hybridized carbons (Fsp3) is 0.385. The summed E-state index contributed by atoms with van der Waals surface area (Å²) in [7, 11) is 0. The van der Waals surface area contributed by atoms with Crippen molar-refractivity contribution in [1.82, 2.24) is 25.2 Å². The number of amides is 1. The van der Waals surface area contributed by atoms with E-state index in [9.17, 15) is 14.3 Å². The molecule has 1 unspecified atom stereocenters. The molecule has 1 amide bonds. The highest BCUT2D eigenvalue weighted by Gasteiger charge is 2.20. The van der Waals surface area contributed by atoms with Gasteiger partial charge in [-0.25, -0.2) is 14.4 Å². The number of likely N-dealkylation sites (tertiary alicyclic amines) is 1. The Morgan fingerprint density at radius 1 is 1.31 bits per heavy atom. The monoisotopic (exact) mass is 512 g/mol. The number of nitrogens with zero attached hydrogens (tertiary/aromatic N) is 4. The van der Waals surface area contributed by atoms with E-state index in [1.807, 2.05) is 13.8 Å². The first kappa shape index (κ1) is 25.9. The van der Waals surface area contributed by atoms with E-state index in [4.69, 9.17) is 11.6 Å². The number of β-amino-alcohol motifs (C(OH)–C–C–N with tert-alkyl or cyclic N) is 1. The Balaban J connectivity index is 1.51. The number of benzene rings is 1. The van der Waals surface area contributed by atoms with E-state index >= 15 is 0 Å². The van der Waals surface area contributed by atoms with Crippen LogP contribution in [0.3, 0.4) is 0 Å². The number of aromatic nitrogens is 3. The van der Waals surface area contributed by atoms with Crippen molar-refractivity contribution in [1.29, 1.82) is 0 Å². The number of rotatable bonds is 9. The van der Waals surface area contributed by atoms with Crippen molar-refractivity contribution in [2.45, 2.75) is 38.7 Å². The zero-order chi connectivity index (χ0) is 25.7. The maximum Gasteiger partial charge on any atom is 0.254 e. The lowest BCUT2D eigenvalue weighted by atomic mass is 10.1. The number of carbonyl (C=O) groups excluding carboxylic acids is 1. The van der Waals surface area contributed by atoms with Crippen LogP contribution < -0.4 is 10.6 Å². The predicted molar refractivity (Wildman–Crippen MR) is 138 cm³/mol. The van der Waals surface area contributed by atoms with Crippen LogP contribution in [-0.4, -0.2) is 63.1 Å². The minimum Gasteiger partial charge on any atom is -0.392 e. The molecule has 1 fully saturated rings. The van der Waals surface area contributed by atoms with Gasteiger partial charge in [0.25, 0.3) is 5.91 Å². The van der Waals surface area contributed by atoms with Gasteiger partial charge in [-0.3, -0.25) is 9.78 Å². The molecular formula is C26H30ClFN6O2. The molecule has 190 valence electrons. The molecule has 1 aromatic carbocycles. The van der Waals surface area contributed by atoms with Crippen molar-refractivity contribution in [3.05, 3.63) is 64.8 Å². The molecule has 10 heteroatoms. The van der Waals surface area contributed by atoms with Crippen LogP contribution in [0.1, 0.15) is 48.5 Å². The van der Waals surface area contributed by atoms with Gasteiger partial charge in [0.2, 0.25) is 0 Å². The molecule has 1 aliphatic heterocycles. The zero-order valence-electron chi connectivity index (χ0n) is 20.3. The van der Waals surface area contributed by atoms with E-state index in [-0.39, 0.29) is 29.3 Å². The van der Waals surface area contributed by atoms with Crippen LogP contribution >= 0.6 is 11.6 Å². The molecule has 3 N–H and O–H groups in total. The molecule has 2 aromatic heterocycles. The molecular weight excluding hydrogens is 483 g/mol. The van der Waals surface area contributed by atoms with E-state index in [0.717, 1.165) is 31.5 Å². The van der Waals surface area contributed by atoms with E-state index in [0.29, 0.717) is 35.2 Å². The van der Waals surface area contributed by atoms with Gasteiger partial charge in [0.1, 0.15) is 11.6 Å². The molecule has 36 heavy (non-hydrogen) atoms. The first-order valence-corrected chi connectivity index (χ1v) is 12.4. The summed E-state index contributed by atoms with van der Waals surface area (Å²) in [6.07, 6.45) is 6.07. The standard InChI is InChI=1S/C26H30ClFN6O2/c1-16(2)20-14-31-24(19-12-17(27)4-5-22(19)28)33-25(20)32-23-6-9-29-13-21(23)26(36)30-8-3-10-34-11-7-18(35)15-34/h4-6,9,12-14,16,18,35H,3,7-8,10-11,15H2,1-2H3,(H,30,36)(H,29,31,32,33). The topological polar surface area (TPSA) is 103 Å². The first-order valence-electron chi connectivity index (χ1n) is 12.0. The Morgan fingerprint density at radius 3 is 2.89 bits per heavy atom. The summed E-state index contributed by atoms with van der Waals surface area (Å²) in [6, 6.07) is 5.94. The Labute approximate surface area is 214 Å². The third-order valence-corrected chi connectivity index (χ3v) is 6.35. The average molecular weight is 513 g/mol. The molecule has 3 aromatic rings. The van der Waals surface area contributed by atoms with Crippen molar-refractivity contribution >= 4 is 29.0 Å². The minimum atomic E-state index is -0.477. The quantitative estimate of drug-likeness (QED) is 0.365.